The summed E-state index contributed by atoms with van der Waals surface area (Å²) in [6.45, 7) is 4.76. The van der Waals surface area contributed by atoms with Crippen LogP contribution in [0.2, 0.25) is 0 Å². The molecule has 0 fully saturated rings. The van der Waals surface area contributed by atoms with Crippen LogP contribution in [-0.4, -0.2) is 39.2 Å². The average molecular weight is 437 g/mol. The molecule has 3 heterocycles. The molecule has 0 amide bonds. The lowest BCUT2D eigenvalue weighted by Gasteiger charge is -2.24. The Bertz CT molecular complexity index is 1370. The predicted molar refractivity (Wildman–Crippen MR) is 135 cm³/mol. The fraction of sp³-hybridized carbons (Fsp3) is 0.222. The molecule has 6 nitrogen and oxygen atoms in total. The molecule has 0 radical (unpaired) electrons. The molecule has 0 spiro atoms. The number of pyridine rings is 1. The summed E-state index contributed by atoms with van der Waals surface area (Å²) < 4.78 is 1.86. The normalized spacial score (nSPS) is 11.3. The molecule has 2 aromatic carbocycles. The van der Waals surface area contributed by atoms with Gasteiger partial charge in [0, 0.05) is 60.4 Å². The van der Waals surface area contributed by atoms with Crippen LogP contribution in [0.3, 0.4) is 0 Å². The van der Waals surface area contributed by atoms with Crippen molar-refractivity contribution in [3.63, 3.8) is 0 Å². The van der Waals surface area contributed by atoms with Crippen molar-refractivity contribution in [1.82, 2.24) is 19.6 Å². The summed E-state index contributed by atoms with van der Waals surface area (Å²) in [6, 6.07) is 18.8. The minimum Gasteiger partial charge on any atom is -0.370 e. The highest BCUT2D eigenvalue weighted by Gasteiger charge is 2.13. The highest BCUT2D eigenvalue weighted by Crippen LogP contribution is 2.31. The molecule has 0 aliphatic rings. The van der Waals surface area contributed by atoms with Gasteiger partial charge in [-0.15, -0.1) is 0 Å². The SMILES string of the molecule is CCCCN(CCN)c1ccc(-c2cnc3c(-c4ccnc5ccccc45)cnn3c2)cc1. The standard InChI is InChI=1S/C27H28N6/c1-2-3-15-32(16-13-28)22-10-8-20(9-11-22)21-17-30-27-25(18-31-33(27)19-21)23-12-14-29-26-7-5-4-6-24(23)26/h4-12,14,17-19H,2-3,13,15-16,28H2,1H3. The molecule has 0 unspecified atom stereocenters. The summed E-state index contributed by atoms with van der Waals surface area (Å²) in [5.74, 6) is 0. The van der Waals surface area contributed by atoms with Gasteiger partial charge in [0.15, 0.2) is 5.65 Å². The van der Waals surface area contributed by atoms with Gasteiger partial charge in [0.2, 0.25) is 0 Å². The number of fused-ring (bicyclic) bond motifs is 2. The first-order valence-electron chi connectivity index (χ1n) is 11.5. The zero-order valence-electron chi connectivity index (χ0n) is 18.9. The van der Waals surface area contributed by atoms with Crippen molar-refractivity contribution in [3.05, 3.63) is 79.4 Å². The zero-order valence-corrected chi connectivity index (χ0v) is 18.9. The highest BCUT2D eigenvalue weighted by atomic mass is 15.2. The van der Waals surface area contributed by atoms with Crippen molar-refractivity contribution >= 4 is 22.2 Å². The van der Waals surface area contributed by atoms with Crippen molar-refractivity contribution in [2.45, 2.75) is 19.8 Å². The Morgan fingerprint density at radius 1 is 0.879 bits per heavy atom. The third-order valence-corrected chi connectivity index (χ3v) is 6.04. The fourth-order valence-electron chi connectivity index (χ4n) is 4.28. The molecule has 0 bridgehead atoms. The lowest BCUT2D eigenvalue weighted by atomic mass is 10.0. The Kier molecular flexibility index (Phi) is 6.00. The van der Waals surface area contributed by atoms with E-state index < -0.39 is 0 Å². The molecule has 2 N–H and O–H groups in total. The minimum atomic E-state index is 0.653. The lowest BCUT2D eigenvalue weighted by Crippen LogP contribution is -2.30. The summed E-state index contributed by atoms with van der Waals surface area (Å²) >= 11 is 0. The predicted octanol–water partition coefficient (Wildman–Crippen LogP) is 5.18. The third kappa shape index (κ3) is 4.17. The van der Waals surface area contributed by atoms with Gasteiger partial charge in [0.05, 0.1) is 11.7 Å². The summed E-state index contributed by atoms with van der Waals surface area (Å²) in [7, 11) is 0. The van der Waals surface area contributed by atoms with Gasteiger partial charge in [-0.1, -0.05) is 43.7 Å². The number of rotatable bonds is 8. The van der Waals surface area contributed by atoms with Crippen LogP contribution in [0.1, 0.15) is 19.8 Å². The first kappa shape index (κ1) is 21.1. The first-order valence-corrected chi connectivity index (χ1v) is 11.5. The monoisotopic (exact) mass is 436 g/mol. The van der Waals surface area contributed by atoms with Crippen molar-refractivity contribution in [1.29, 1.82) is 0 Å². The van der Waals surface area contributed by atoms with Gasteiger partial charge in [-0.25, -0.2) is 9.50 Å². The van der Waals surface area contributed by atoms with Crippen LogP contribution in [0.15, 0.2) is 79.4 Å². The molecule has 5 rings (SSSR count). The maximum absolute atomic E-state index is 5.82. The Labute approximate surface area is 193 Å². The van der Waals surface area contributed by atoms with Gasteiger partial charge in [0.25, 0.3) is 0 Å². The van der Waals surface area contributed by atoms with Gasteiger partial charge in [-0.3, -0.25) is 4.98 Å². The number of para-hydroxylation sites is 1. The molecular formula is C27H28N6. The second-order valence-electron chi connectivity index (χ2n) is 8.22. The maximum Gasteiger partial charge on any atom is 0.162 e. The molecule has 0 atom stereocenters. The van der Waals surface area contributed by atoms with Gasteiger partial charge in [0.1, 0.15) is 0 Å². The molecule has 3 aromatic heterocycles. The molecule has 0 saturated carbocycles. The minimum absolute atomic E-state index is 0.653. The second kappa shape index (κ2) is 9.38. The first-order chi connectivity index (χ1) is 16.3. The summed E-state index contributed by atoms with van der Waals surface area (Å²) in [6.07, 6.45) is 10.0. The molecule has 166 valence electrons. The van der Waals surface area contributed by atoms with E-state index in [2.05, 4.69) is 52.2 Å². The van der Waals surface area contributed by atoms with Crippen LogP contribution >= 0.6 is 0 Å². The Hall–Kier alpha value is -3.77. The van der Waals surface area contributed by atoms with Gasteiger partial charge < -0.3 is 10.6 Å². The number of hydrogen-bond donors (Lipinski definition) is 1. The summed E-state index contributed by atoms with van der Waals surface area (Å²) in [5.41, 5.74) is 13.1. The topological polar surface area (TPSA) is 72.3 Å². The Morgan fingerprint density at radius 2 is 1.73 bits per heavy atom. The van der Waals surface area contributed by atoms with Crippen LogP contribution in [0.4, 0.5) is 5.69 Å². The van der Waals surface area contributed by atoms with Crippen LogP contribution in [-0.2, 0) is 0 Å². The Morgan fingerprint density at radius 3 is 2.55 bits per heavy atom. The largest absolute Gasteiger partial charge is 0.370 e. The van der Waals surface area contributed by atoms with E-state index >= 15 is 0 Å². The van der Waals surface area contributed by atoms with Crippen LogP contribution in [0.5, 0.6) is 0 Å². The third-order valence-electron chi connectivity index (χ3n) is 6.04. The lowest BCUT2D eigenvalue weighted by molar-refractivity contribution is 0.716. The quantitative estimate of drug-likeness (QED) is 0.363. The van der Waals surface area contributed by atoms with Crippen molar-refractivity contribution in [2.24, 2.45) is 5.73 Å². The van der Waals surface area contributed by atoms with E-state index in [-0.39, 0.29) is 0 Å². The van der Waals surface area contributed by atoms with Crippen LogP contribution < -0.4 is 10.6 Å². The van der Waals surface area contributed by atoms with Crippen molar-refractivity contribution < 1.29 is 0 Å². The number of nitrogens with two attached hydrogens (primary N) is 1. The van der Waals surface area contributed by atoms with E-state index in [0.717, 1.165) is 58.3 Å². The number of hydrogen-bond acceptors (Lipinski definition) is 5. The zero-order chi connectivity index (χ0) is 22.6. The molecule has 0 aliphatic heterocycles. The van der Waals surface area contributed by atoms with Crippen molar-refractivity contribution in [2.75, 3.05) is 24.5 Å². The van der Waals surface area contributed by atoms with E-state index in [9.17, 15) is 0 Å². The number of anilines is 1. The van der Waals surface area contributed by atoms with E-state index in [4.69, 9.17) is 10.7 Å². The molecule has 6 heteroatoms. The molecule has 0 saturated heterocycles. The average Bonchev–Trinajstić information content (AvgIpc) is 3.29. The Balaban J connectivity index is 1.46. The van der Waals surface area contributed by atoms with Gasteiger partial charge >= 0.3 is 0 Å². The summed E-state index contributed by atoms with van der Waals surface area (Å²) in [5, 5.41) is 5.70. The van der Waals surface area contributed by atoms with Crippen molar-refractivity contribution in [3.8, 4) is 22.3 Å². The number of benzene rings is 2. The fourth-order valence-corrected chi connectivity index (χ4v) is 4.28. The molecule has 0 aliphatic carbocycles. The summed E-state index contributed by atoms with van der Waals surface area (Å²) in [4.78, 5) is 11.6. The van der Waals surface area contributed by atoms with E-state index in [1.807, 2.05) is 53.6 Å². The van der Waals surface area contributed by atoms with E-state index in [1.54, 1.807) is 0 Å². The van der Waals surface area contributed by atoms with E-state index in [0.29, 0.717) is 6.54 Å². The van der Waals surface area contributed by atoms with Crippen LogP contribution in [0, 0.1) is 0 Å². The smallest absolute Gasteiger partial charge is 0.162 e. The number of nitrogens with zero attached hydrogens (tertiary/aromatic N) is 5. The van der Waals surface area contributed by atoms with Crippen LogP contribution in [0.25, 0.3) is 38.8 Å². The molecule has 33 heavy (non-hydrogen) atoms. The second-order valence-corrected chi connectivity index (χ2v) is 8.22. The molecule has 5 aromatic rings. The number of unbranched alkanes of at least 4 members (excludes halogenated alkanes) is 1. The van der Waals surface area contributed by atoms with Gasteiger partial charge in [-0.05, 0) is 41.8 Å². The maximum atomic E-state index is 5.82. The van der Waals surface area contributed by atoms with E-state index in [1.165, 1.54) is 12.1 Å². The van der Waals surface area contributed by atoms with Gasteiger partial charge in [-0.2, -0.15) is 5.10 Å². The molecular weight excluding hydrogens is 408 g/mol. The highest BCUT2D eigenvalue weighted by molar-refractivity contribution is 5.97. The number of aromatic nitrogens is 4.